The lowest BCUT2D eigenvalue weighted by Crippen LogP contribution is -2.00. The number of benzene rings is 3. The number of aliphatic carboxylic acids is 1. The minimum absolute atomic E-state index is 0.00661. The second-order valence-electron chi connectivity index (χ2n) is 6.53. The van der Waals surface area contributed by atoms with Gasteiger partial charge in [-0.05, 0) is 41.3 Å². The fraction of sp³-hybridized carbons (Fsp3) is 0.130. The molecule has 6 heteroatoms. The number of nitrogens with zero attached hydrogens (tertiary/aromatic N) is 1. The largest absolute Gasteiger partial charge is 0.481 e. The van der Waals surface area contributed by atoms with Crippen molar-refractivity contribution in [1.29, 1.82) is 0 Å². The highest BCUT2D eigenvalue weighted by atomic mass is 35.5. The zero-order chi connectivity index (χ0) is 20.8. The highest BCUT2D eigenvalue weighted by Crippen LogP contribution is 2.23. The molecule has 0 aliphatic heterocycles. The molecule has 0 spiro atoms. The quantitative estimate of drug-likeness (QED) is 0.359. The maximum Gasteiger partial charge on any atom is 0.307 e. The molecule has 0 radical (unpaired) electrons. The van der Waals surface area contributed by atoms with Crippen molar-refractivity contribution in [2.75, 3.05) is 0 Å². The Morgan fingerprint density at radius 3 is 2.45 bits per heavy atom. The monoisotopic (exact) mass is 427 g/mol. The summed E-state index contributed by atoms with van der Waals surface area (Å²) in [6, 6.07) is 20.6. The second kappa shape index (κ2) is 9.59. The van der Waals surface area contributed by atoms with Gasteiger partial charge in [-0.2, -0.15) is 0 Å². The van der Waals surface area contributed by atoms with Gasteiger partial charge in [0.1, 0.15) is 6.61 Å². The third-order valence-corrected chi connectivity index (χ3v) is 4.94. The van der Waals surface area contributed by atoms with Crippen LogP contribution in [0.15, 0.2) is 71.9 Å². The zero-order valence-electron chi connectivity index (χ0n) is 15.7. The summed E-state index contributed by atoms with van der Waals surface area (Å²) < 4.78 is 0. The van der Waals surface area contributed by atoms with Gasteiger partial charge in [0.15, 0.2) is 0 Å². The minimum Gasteiger partial charge on any atom is -0.481 e. The summed E-state index contributed by atoms with van der Waals surface area (Å²) in [6.07, 6.45) is 0.00661. The molecule has 0 saturated heterocycles. The molecule has 0 aromatic heterocycles. The van der Waals surface area contributed by atoms with Crippen LogP contribution in [-0.2, 0) is 22.7 Å². The number of halogens is 2. The van der Waals surface area contributed by atoms with Crippen molar-refractivity contribution in [2.24, 2.45) is 5.16 Å². The van der Waals surface area contributed by atoms with Crippen LogP contribution < -0.4 is 0 Å². The average Bonchev–Trinajstić information content (AvgIpc) is 2.69. The van der Waals surface area contributed by atoms with Gasteiger partial charge in [0.25, 0.3) is 0 Å². The Morgan fingerprint density at radius 1 is 1.00 bits per heavy atom. The van der Waals surface area contributed by atoms with Gasteiger partial charge < -0.3 is 9.94 Å². The van der Waals surface area contributed by atoms with E-state index in [0.717, 1.165) is 33.5 Å². The Hall–Kier alpha value is -2.82. The number of carboxylic acids is 1. The first kappa shape index (κ1) is 20.9. The van der Waals surface area contributed by atoms with Crippen molar-refractivity contribution in [1.82, 2.24) is 0 Å². The Labute approximate surface area is 179 Å². The molecule has 4 nitrogen and oxygen atoms in total. The summed E-state index contributed by atoms with van der Waals surface area (Å²) in [4.78, 5) is 16.3. The summed E-state index contributed by atoms with van der Waals surface area (Å²) in [5.41, 5.74) is 5.22. The van der Waals surface area contributed by atoms with Crippen molar-refractivity contribution in [3.05, 3.63) is 93.5 Å². The summed E-state index contributed by atoms with van der Waals surface area (Å²) in [7, 11) is 0. The van der Waals surface area contributed by atoms with Crippen molar-refractivity contribution < 1.29 is 14.7 Å². The highest BCUT2D eigenvalue weighted by Gasteiger charge is 2.05. The van der Waals surface area contributed by atoms with Crippen molar-refractivity contribution in [3.8, 4) is 11.1 Å². The van der Waals surface area contributed by atoms with Gasteiger partial charge in [-0.25, -0.2) is 0 Å². The predicted molar refractivity (Wildman–Crippen MR) is 117 cm³/mol. The average molecular weight is 428 g/mol. The van der Waals surface area contributed by atoms with Crippen LogP contribution in [0.1, 0.15) is 23.6 Å². The van der Waals surface area contributed by atoms with Gasteiger partial charge in [0.05, 0.1) is 12.1 Å². The second-order valence-corrected chi connectivity index (χ2v) is 7.38. The number of hydrogen-bond donors (Lipinski definition) is 1. The normalized spacial score (nSPS) is 11.3. The van der Waals surface area contributed by atoms with Crippen LogP contribution in [0.3, 0.4) is 0 Å². The van der Waals surface area contributed by atoms with Gasteiger partial charge in [0, 0.05) is 15.6 Å². The molecule has 148 valence electrons. The van der Waals surface area contributed by atoms with Gasteiger partial charge >= 0.3 is 5.97 Å². The topological polar surface area (TPSA) is 58.9 Å². The molecule has 3 aromatic rings. The van der Waals surface area contributed by atoms with Crippen LogP contribution in [-0.4, -0.2) is 16.8 Å². The van der Waals surface area contributed by atoms with Gasteiger partial charge in [-0.3, -0.25) is 4.79 Å². The van der Waals surface area contributed by atoms with Gasteiger partial charge in [0.2, 0.25) is 0 Å². The number of oxime groups is 1. The Balaban J connectivity index is 1.67. The first-order valence-electron chi connectivity index (χ1n) is 8.94. The van der Waals surface area contributed by atoms with E-state index in [1.807, 2.05) is 61.5 Å². The summed E-state index contributed by atoms with van der Waals surface area (Å²) in [5, 5.41) is 14.2. The van der Waals surface area contributed by atoms with Crippen LogP contribution in [0.5, 0.6) is 0 Å². The molecule has 0 bridgehead atoms. The van der Waals surface area contributed by atoms with Crippen LogP contribution in [0.25, 0.3) is 11.1 Å². The molecule has 0 saturated carbocycles. The van der Waals surface area contributed by atoms with Crippen LogP contribution in [0.4, 0.5) is 0 Å². The SMILES string of the molecule is C/C(=N\OCc1ccc(Cl)cc1Cl)c1ccc(-c2cccc(CC(=O)O)c2)cc1. The van der Waals surface area contributed by atoms with Crippen LogP contribution in [0.2, 0.25) is 10.0 Å². The predicted octanol–water partition coefficient (Wildman–Crippen LogP) is 6.23. The standard InChI is InChI=1S/C23H19Cl2NO3/c1-15(26-29-14-20-9-10-21(24)13-22(20)25)17-5-7-18(8-6-17)19-4-2-3-16(11-19)12-23(27)28/h2-11,13H,12,14H2,1H3,(H,27,28)/b26-15+. The number of rotatable bonds is 7. The van der Waals surface area contributed by atoms with Gasteiger partial charge in [-0.1, -0.05) is 83.0 Å². The van der Waals surface area contributed by atoms with E-state index in [9.17, 15) is 4.79 Å². The summed E-state index contributed by atoms with van der Waals surface area (Å²) in [5.74, 6) is -0.843. The van der Waals surface area contributed by atoms with E-state index in [1.165, 1.54) is 0 Å². The van der Waals surface area contributed by atoms with Crippen LogP contribution in [0, 0.1) is 0 Å². The molecule has 1 N–H and O–H groups in total. The first-order chi connectivity index (χ1) is 13.9. The van der Waals surface area contributed by atoms with Crippen molar-refractivity contribution in [3.63, 3.8) is 0 Å². The number of hydrogen-bond acceptors (Lipinski definition) is 3. The minimum atomic E-state index is -0.843. The first-order valence-corrected chi connectivity index (χ1v) is 9.70. The van der Waals surface area contributed by atoms with E-state index in [2.05, 4.69) is 5.16 Å². The molecule has 0 fully saturated rings. The maximum absolute atomic E-state index is 10.9. The molecule has 29 heavy (non-hydrogen) atoms. The lowest BCUT2D eigenvalue weighted by Gasteiger charge is -2.07. The smallest absolute Gasteiger partial charge is 0.307 e. The zero-order valence-corrected chi connectivity index (χ0v) is 17.2. The number of carbonyl (C=O) groups is 1. The lowest BCUT2D eigenvalue weighted by molar-refractivity contribution is -0.136. The fourth-order valence-corrected chi connectivity index (χ4v) is 3.29. The third kappa shape index (κ3) is 5.83. The van der Waals surface area contributed by atoms with E-state index in [0.29, 0.717) is 10.0 Å². The van der Waals surface area contributed by atoms with Gasteiger partial charge in [-0.15, -0.1) is 0 Å². The molecule has 0 atom stereocenters. The summed E-state index contributed by atoms with van der Waals surface area (Å²) >= 11 is 12.0. The fourth-order valence-electron chi connectivity index (χ4n) is 2.83. The third-order valence-electron chi connectivity index (χ3n) is 4.35. The Kier molecular flexibility index (Phi) is 6.91. The molecule has 0 aliphatic rings. The highest BCUT2D eigenvalue weighted by molar-refractivity contribution is 6.35. The molecular formula is C23H19Cl2NO3. The summed E-state index contributed by atoms with van der Waals surface area (Å²) in [6.45, 7) is 2.12. The van der Waals surface area contributed by atoms with E-state index < -0.39 is 5.97 Å². The molecule has 0 heterocycles. The van der Waals surface area contributed by atoms with E-state index in [4.69, 9.17) is 33.1 Å². The van der Waals surface area contributed by atoms with Crippen molar-refractivity contribution in [2.45, 2.75) is 20.0 Å². The van der Waals surface area contributed by atoms with Crippen molar-refractivity contribution >= 4 is 34.9 Å². The number of carboxylic acid groups (broad SMARTS) is 1. The molecule has 0 amide bonds. The van der Waals surface area contributed by atoms with E-state index in [-0.39, 0.29) is 13.0 Å². The van der Waals surface area contributed by atoms with E-state index in [1.54, 1.807) is 12.1 Å². The molecule has 3 rings (SSSR count). The maximum atomic E-state index is 10.9. The Morgan fingerprint density at radius 2 is 1.76 bits per heavy atom. The van der Waals surface area contributed by atoms with E-state index >= 15 is 0 Å². The van der Waals surface area contributed by atoms with Crippen LogP contribution >= 0.6 is 23.2 Å². The molecule has 0 unspecified atom stereocenters. The molecular weight excluding hydrogens is 409 g/mol. The molecule has 3 aromatic carbocycles. The Bertz CT molecular complexity index is 1050. The lowest BCUT2D eigenvalue weighted by atomic mass is 10.00. The molecule has 0 aliphatic carbocycles.